The summed E-state index contributed by atoms with van der Waals surface area (Å²) in [4.78, 5) is 17.5. The van der Waals surface area contributed by atoms with E-state index in [1.807, 2.05) is 34.7 Å². The molecular weight excluding hydrogens is 497 g/mol. The van der Waals surface area contributed by atoms with Gasteiger partial charge in [-0.1, -0.05) is 46.9 Å². The van der Waals surface area contributed by atoms with Crippen molar-refractivity contribution in [3.63, 3.8) is 0 Å². The monoisotopic (exact) mass is 515 g/mol. The summed E-state index contributed by atoms with van der Waals surface area (Å²) >= 11 is 18.5. The molecule has 2 aromatic heterocycles. The Balaban J connectivity index is 1.38. The standard InChI is InChI=1S/C25H20Cl3N3O3/c26-17-3-1-15(20(28)10-17)7-8-29-25(32)11-19(16-2-5-22-23(9-16)34-14-33-22)21-12-30-24-6-4-18(27)13-31(21)24/h1-6,9-10,12-13,19H,7-8,11,14H2,(H,29,32). The highest BCUT2D eigenvalue weighted by Crippen LogP contribution is 2.38. The van der Waals surface area contributed by atoms with E-state index in [1.54, 1.807) is 30.6 Å². The Morgan fingerprint density at radius 3 is 2.71 bits per heavy atom. The number of benzene rings is 2. The second kappa shape index (κ2) is 9.74. The summed E-state index contributed by atoms with van der Waals surface area (Å²) < 4.78 is 12.9. The van der Waals surface area contributed by atoms with Gasteiger partial charge in [-0.05, 0) is 53.9 Å². The molecule has 0 fully saturated rings. The van der Waals surface area contributed by atoms with Crippen LogP contribution in [0.2, 0.25) is 15.1 Å². The molecule has 1 atom stereocenters. The Kier molecular flexibility index (Phi) is 6.55. The van der Waals surface area contributed by atoms with Crippen molar-refractivity contribution in [3.05, 3.63) is 92.8 Å². The van der Waals surface area contributed by atoms with Crippen LogP contribution in [0.5, 0.6) is 11.5 Å². The van der Waals surface area contributed by atoms with Crippen molar-refractivity contribution >= 4 is 46.4 Å². The van der Waals surface area contributed by atoms with Gasteiger partial charge in [0.1, 0.15) is 5.65 Å². The number of rotatable bonds is 7. The fraction of sp³-hybridized carbons (Fsp3) is 0.200. The lowest BCUT2D eigenvalue weighted by Gasteiger charge is -2.18. The van der Waals surface area contributed by atoms with E-state index in [2.05, 4.69) is 10.3 Å². The van der Waals surface area contributed by atoms with E-state index >= 15 is 0 Å². The van der Waals surface area contributed by atoms with Crippen LogP contribution >= 0.6 is 34.8 Å². The van der Waals surface area contributed by atoms with E-state index in [9.17, 15) is 4.79 Å². The molecule has 0 aliphatic carbocycles. The first-order valence-electron chi connectivity index (χ1n) is 10.7. The molecule has 4 aromatic rings. The topological polar surface area (TPSA) is 64.9 Å². The lowest BCUT2D eigenvalue weighted by molar-refractivity contribution is -0.121. The van der Waals surface area contributed by atoms with Crippen LogP contribution in [0.25, 0.3) is 5.65 Å². The smallest absolute Gasteiger partial charge is 0.231 e. The highest BCUT2D eigenvalue weighted by atomic mass is 35.5. The number of nitrogens with one attached hydrogen (secondary N) is 1. The van der Waals surface area contributed by atoms with Gasteiger partial charge in [-0.3, -0.25) is 4.79 Å². The van der Waals surface area contributed by atoms with Gasteiger partial charge in [0, 0.05) is 41.3 Å². The third-order valence-corrected chi connectivity index (χ3v) is 6.59. The van der Waals surface area contributed by atoms with Gasteiger partial charge in [-0.25, -0.2) is 4.98 Å². The second-order valence-corrected chi connectivity index (χ2v) is 9.24. The molecule has 9 heteroatoms. The lowest BCUT2D eigenvalue weighted by Crippen LogP contribution is -2.27. The summed E-state index contributed by atoms with van der Waals surface area (Å²) in [6, 6.07) is 14.7. The molecule has 2 aromatic carbocycles. The minimum absolute atomic E-state index is 0.0928. The number of aromatic nitrogens is 2. The first-order chi connectivity index (χ1) is 16.5. The number of amides is 1. The number of hydrogen-bond acceptors (Lipinski definition) is 4. The molecule has 0 spiro atoms. The van der Waals surface area contributed by atoms with Crippen molar-refractivity contribution in [3.8, 4) is 11.5 Å². The number of hydrogen-bond donors (Lipinski definition) is 1. The molecule has 0 saturated heterocycles. The Labute approximate surface area is 211 Å². The van der Waals surface area contributed by atoms with Gasteiger partial charge >= 0.3 is 0 Å². The molecule has 1 N–H and O–H groups in total. The molecule has 0 saturated carbocycles. The number of carbonyl (C=O) groups excluding carboxylic acids is 1. The molecule has 1 unspecified atom stereocenters. The normalized spacial score (nSPS) is 13.3. The zero-order valence-electron chi connectivity index (χ0n) is 17.9. The fourth-order valence-corrected chi connectivity index (χ4v) is 4.74. The van der Waals surface area contributed by atoms with Crippen LogP contribution in [0.1, 0.15) is 29.2 Å². The third-order valence-electron chi connectivity index (χ3n) is 5.78. The average Bonchev–Trinajstić information content (AvgIpc) is 3.45. The molecular formula is C25H20Cl3N3O3. The highest BCUT2D eigenvalue weighted by Gasteiger charge is 2.24. The van der Waals surface area contributed by atoms with Crippen molar-refractivity contribution in [2.45, 2.75) is 18.8 Å². The Bertz CT molecular complexity index is 1370. The van der Waals surface area contributed by atoms with Crippen LogP contribution in [0, 0.1) is 0 Å². The molecule has 1 aliphatic heterocycles. The van der Waals surface area contributed by atoms with Crippen LogP contribution in [0.15, 0.2) is 60.9 Å². The van der Waals surface area contributed by atoms with Crippen LogP contribution < -0.4 is 14.8 Å². The van der Waals surface area contributed by atoms with Gasteiger partial charge in [0.05, 0.1) is 10.7 Å². The molecule has 1 aliphatic rings. The number of pyridine rings is 1. The van der Waals surface area contributed by atoms with E-state index in [0.29, 0.717) is 39.5 Å². The molecule has 0 radical (unpaired) electrons. The Hall–Kier alpha value is -2.93. The zero-order chi connectivity index (χ0) is 23.7. The summed E-state index contributed by atoms with van der Waals surface area (Å²) in [6.45, 7) is 0.634. The predicted molar refractivity (Wildman–Crippen MR) is 132 cm³/mol. The third kappa shape index (κ3) is 4.80. The van der Waals surface area contributed by atoms with E-state index in [1.165, 1.54) is 0 Å². The Morgan fingerprint density at radius 1 is 1.03 bits per heavy atom. The summed E-state index contributed by atoms with van der Waals surface area (Å²) in [5.41, 5.74) is 3.45. The maximum absolute atomic E-state index is 13.0. The number of halogens is 3. The zero-order valence-corrected chi connectivity index (χ0v) is 20.2. The van der Waals surface area contributed by atoms with E-state index < -0.39 is 0 Å². The van der Waals surface area contributed by atoms with Gasteiger partial charge in [0.15, 0.2) is 11.5 Å². The first kappa shape index (κ1) is 22.8. The number of nitrogens with zero attached hydrogens (tertiary/aromatic N) is 2. The van der Waals surface area contributed by atoms with Gasteiger partial charge in [-0.15, -0.1) is 0 Å². The first-order valence-corrected chi connectivity index (χ1v) is 11.8. The number of imidazole rings is 1. The maximum atomic E-state index is 13.0. The molecule has 0 bridgehead atoms. The van der Waals surface area contributed by atoms with Crippen molar-refractivity contribution in [1.29, 1.82) is 0 Å². The number of carbonyl (C=O) groups is 1. The fourth-order valence-electron chi connectivity index (χ4n) is 4.07. The highest BCUT2D eigenvalue weighted by molar-refractivity contribution is 6.35. The molecule has 3 heterocycles. The minimum Gasteiger partial charge on any atom is -0.454 e. The van der Waals surface area contributed by atoms with Crippen molar-refractivity contribution < 1.29 is 14.3 Å². The predicted octanol–water partition coefficient (Wildman–Crippen LogP) is 5.90. The van der Waals surface area contributed by atoms with Crippen molar-refractivity contribution in [2.75, 3.05) is 13.3 Å². The molecule has 5 rings (SSSR count). The van der Waals surface area contributed by atoms with Crippen LogP contribution in [0.4, 0.5) is 0 Å². The number of ether oxygens (including phenoxy) is 2. The summed E-state index contributed by atoms with van der Waals surface area (Å²) in [7, 11) is 0. The van der Waals surface area contributed by atoms with Gasteiger partial charge in [-0.2, -0.15) is 0 Å². The van der Waals surface area contributed by atoms with Gasteiger partial charge < -0.3 is 19.2 Å². The van der Waals surface area contributed by atoms with Crippen molar-refractivity contribution in [1.82, 2.24) is 14.7 Å². The van der Waals surface area contributed by atoms with Crippen LogP contribution in [-0.2, 0) is 11.2 Å². The summed E-state index contributed by atoms with van der Waals surface area (Å²) in [5, 5.41) is 4.76. The van der Waals surface area contributed by atoms with E-state index in [0.717, 1.165) is 22.5 Å². The number of fused-ring (bicyclic) bond motifs is 2. The molecule has 174 valence electrons. The van der Waals surface area contributed by atoms with E-state index in [-0.39, 0.29) is 25.0 Å². The largest absolute Gasteiger partial charge is 0.454 e. The maximum Gasteiger partial charge on any atom is 0.231 e. The minimum atomic E-state index is -0.276. The van der Waals surface area contributed by atoms with Crippen LogP contribution in [0.3, 0.4) is 0 Å². The second-order valence-electron chi connectivity index (χ2n) is 7.96. The van der Waals surface area contributed by atoms with E-state index in [4.69, 9.17) is 44.3 Å². The SMILES string of the molecule is O=C(CC(c1ccc2c(c1)OCO2)c1cnc2ccc(Cl)cn12)NCCc1ccc(Cl)cc1Cl. The lowest BCUT2D eigenvalue weighted by atomic mass is 9.92. The average molecular weight is 517 g/mol. The molecule has 34 heavy (non-hydrogen) atoms. The van der Waals surface area contributed by atoms with Crippen molar-refractivity contribution in [2.24, 2.45) is 0 Å². The summed E-state index contributed by atoms with van der Waals surface area (Å²) in [5.74, 6) is 0.979. The van der Waals surface area contributed by atoms with Crippen LogP contribution in [-0.4, -0.2) is 28.6 Å². The van der Waals surface area contributed by atoms with Gasteiger partial charge in [0.25, 0.3) is 0 Å². The van der Waals surface area contributed by atoms with Gasteiger partial charge in [0.2, 0.25) is 12.7 Å². The molecule has 1 amide bonds. The quantitative estimate of drug-likeness (QED) is 0.332. The summed E-state index contributed by atoms with van der Waals surface area (Å²) in [6.07, 6.45) is 4.40. The molecule has 6 nitrogen and oxygen atoms in total. The Morgan fingerprint density at radius 2 is 1.85 bits per heavy atom.